The standard InChI is InChI=1S/C16H28N4O/c1-11(2)14(15(21)19-12(3)16(4,5)6)18-10-13-17-8-9-20(13)7/h8-12,14H,1-7H3,(H,19,21)/t12-,14+/m1/s1. The zero-order valence-electron chi connectivity index (χ0n) is 14.2. The van der Waals surface area contributed by atoms with E-state index in [9.17, 15) is 4.79 Å². The molecule has 1 N–H and O–H groups in total. The molecule has 5 nitrogen and oxygen atoms in total. The topological polar surface area (TPSA) is 59.3 Å². The molecule has 0 fully saturated rings. The average Bonchev–Trinajstić information content (AvgIpc) is 2.73. The van der Waals surface area contributed by atoms with Gasteiger partial charge in [0.2, 0.25) is 5.91 Å². The molecule has 5 heteroatoms. The van der Waals surface area contributed by atoms with Crippen molar-refractivity contribution in [1.82, 2.24) is 14.9 Å². The number of aliphatic imine (C=N–C) groups is 1. The van der Waals surface area contributed by atoms with Crippen molar-refractivity contribution in [2.24, 2.45) is 23.4 Å². The highest BCUT2D eigenvalue weighted by molar-refractivity contribution is 5.85. The molecule has 0 saturated carbocycles. The van der Waals surface area contributed by atoms with Crippen LogP contribution in [0.25, 0.3) is 0 Å². The van der Waals surface area contributed by atoms with Gasteiger partial charge < -0.3 is 9.88 Å². The lowest BCUT2D eigenvalue weighted by atomic mass is 9.87. The fourth-order valence-corrected chi connectivity index (χ4v) is 1.71. The Hall–Kier alpha value is -1.65. The fourth-order valence-electron chi connectivity index (χ4n) is 1.71. The molecule has 1 heterocycles. The van der Waals surface area contributed by atoms with E-state index >= 15 is 0 Å². The summed E-state index contributed by atoms with van der Waals surface area (Å²) in [5.74, 6) is 0.851. The number of carbonyl (C=O) groups is 1. The van der Waals surface area contributed by atoms with Crippen LogP contribution in [-0.2, 0) is 11.8 Å². The third-order valence-corrected chi connectivity index (χ3v) is 3.77. The van der Waals surface area contributed by atoms with Gasteiger partial charge in [0.25, 0.3) is 0 Å². The van der Waals surface area contributed by atoms with Crippen molar-refractivity contribution in [2.45, 2.75) is 53.6 Å². The molecule has 0 aliphatic carbocycles. The van der Waals surface area contributed by atoms with Crippen LogP contribution >= 0.6 is 0 Å². The molecule has 0 spiro atoms. The Bertz CT molecular complexity index is 497. The van der Waals surface area contributed by atoms with Gasteiger partial charge in [0.05, 0.1) is 6.21 Å². The molecule has 0 aliphatic rings. The van der Waals surface area contributed by atoms with Gasteiger partial charge in [0.15, 0.2) is 0 Å². The first kappa shape index (κ1) is 17.4. The Labute approximate surface area is 127 Å². The maximum atomic E-state index is 12.4. The summed E-state index contributed by atoms with van der Waals surface area (Å²) in [6, 6.07) is -0.305. The molecule has 0 bridgehead atoms. The maximum Gasteiger partial charge on any atom is 0.245 e. The third-order valence-electron chi connectivity index (χ3n) is 3.77. The minimum atomic E-state index is -0.397. The summed E-state index contributed by atoms with van der Waals surface area (Å²) in [5, 5.41) is 3.07. The molecule has 0 aliphatic heterocycles. The molecule has 1 aromatic heterocycles. The van der Waals surface area contributed by atoms with E-state index in [1.165, 1.54) is 0 Å². The zero-order chi connectivity index (χ0) is 16.2. The van der Waals surface area contributed by atoms with Gasteiger partial charge in [-0.25, -0.2) is 4.98 Å². The summed E-state index contributed by atoms with van der Waals surface area (Å²) in [6.45, 7) is 12.4. The van der Waals surface area contributed by atoms with Crippen molar-refractivity contribution in [3.63, 3.8) is 0 Å². The van der Waals surface area contributed by atoms with Crippen LogP contribution in [0.15, 0.2) is 17.4 Å². The minimum Gasteiger partial charge on any atom is -0.351 e. The lowest BCUT2D eigenvalue weighted by molar-refractivity contribution is -0.124. The number of carbonyl (C=O) groups excluding carboxylic acids is 1. The van der Waals surface area contributed by atoms with E-state index in [-0.39, 0.29) is 23.3 Å². The fraction of sp³-hybridized carbons (Fsp3) is 0.688. The van der Waals surface area contributed by atoms with Crippen molar-refractivity contribution in [1.29, 1.82) is 0 Å². The van der Waals surface area contributed by atoms with E-state index < -0.39 is 6.04 Å². The number of aromatic nitrogens is 2. The second kappa shape index (κ2) is 6.87. The molecular weight excluding hydrogens is 264 g/mol. The van der Waals surface area contributed by atoms with Crippen molar-refractivity contribution < 1.29 is 4.79 Å². The van der Waals surface area contributed by atoms with E-state index in [0.29, 0.717) is 0 Å². The summed E-state index contributed by atoms with van der Waals surface area (Å²) in [7, 11) is 1.90. The highest BCUT2D eigenvalue weighted by Crippen LogP contribution is 2.19. The Morgan fingerprint density at radius 2 is 2.00 bits per heavy atom. The van der Waals surface area contributed by atoms with Crippen LogP contribution in [0, 0.1) is 11.3 Å². The molecule has 21 heavy (non-hydrogen) atoms. The Kier molecular flexibility index (Phi) is 5.70. The van der Waals surface area contributed by atoms with Gasteiger partial charge in [-0.05, 0) is 18.3 Å². The van der Waals surface area contributed by atoms with Crippen LogP contribution in [0.1, 0.15) is 47.4 Å². The first-order chi connectivity index (χ1) is 9.62. The highest BCUT2D eigenvalue weighted by atomic mass is 16.2. The van der Waals surface area contributed by atoms with Crippen molar-refractivity contribution in [3.05, 3.63) is 18.2 Å². The van der Waals surface area contributed by atoms with Gasteiger partial charge in [-0.1, -0.05) is 34.6 Å². The summed E-state index contributed by atoms with van der Waals surface area (Å²) < 4.78 is 1.87. The van der Waals surface area contributed by atoms with E-state index in [2.05, 4.69) is 36.1 Å². The van der Waals surface area contributed by atoms with Gasteiger partial charge in [0.1, 0.15) is 11.9 Å². The van der Waals surface area contributed by atoms with Crippen LogP contribution in [0.5, 0.6) is 0 Å². The first-order valence-electron chi connectivity index (χ1n) is 7.43. The summed E-state index contributed by atoms with van der Waals surface area (Å²) in [6.07, 6.45) is 5.24. The second-order valence-electron chi connectivity index (χ2n) is 6.96. The Morgan fingerprint density at radius 3 is 2.43 bits per heavy atom. The van der Waals surface area contributed by atoms with E-state index in [1.807, 2.05) is 38.6 Å². The molecule has 2 atom stereocenters. The molecule has 0 unspecified atom stereocenters. The number of nitrogens with one attached hydrogen (secondary N) is 1. The minimum absolute atomic E-state index is 0.0284. The molecule has 1 aromatic rings. The lowest BCUT2D eigenvalue weighted by Crippen LogP contribution is -2.46. The molecule has 0 radical (unpaired) electrons. The zero-order valence-corrected chi connectivity index (χ0v) is 14.2. The number of amides is 1. The molecule has 1 amide bonds. The first-order valence-corrected chi connectivity index (χ1v) is 7.43. The number of hydrogen-bond donors (Lipinski definition) is 1. The van der Waals surface area contributed by atoms with E-state index in [0.717, 1.165) is 5.82 Å². The van der Waals surface area contributed by atoms with E-state index in [1.54, 1.807) is 12.4 Å². The van der Waals surface area contributed by atoms with Crippen molar-refractivity contribution in [2.75, 3.05) is 0 Å². The lowest BCUT2D eigenvalue weighted by Gasteiger charge is -2.29. The van der Waals surface area contributed by atoms with Crippen molar-refractivity contribution >= 4 is 12.1 Å². The third kappa shape index (κ3) is 4.99. The number of imidazole rings is 1. The molecule has 118 valence electrons. The van der Waals surface area contributed by atoms with Crippen LogP contribution < -0.4 is 5.32 Å². The Balaban J connectivity index is 2.80. The summed E-state index contributed by atoms with van der Waals surface area (Å²) in [4.78, 5) is 21.1. The number of hydrogen-bond acceptors (Lipinski definition) is 3. The van der Waals surface area contributed by atoms with Crippen LogP contribution in [0.3, 0.4) is 0 Å². The van der Waals surface area contributed by atoms with Crippen LogP contribution in [0.4, 0.5) is 0 Å². The van der Waals surface area contributed by atoms with Crippen molar-refractivity contribution in [3.8, 4) is 0 Å². The SMILES string of the molecule is CC(C)[C@H](N=Cc1nccn1C)C(=O)N[C@H](C)C(C)(C)C. The maximum absolute atomic E-state index is 12.4. The van der Waals surface area contributed by atoms with Gasteiger partial charge in [-0.15, -0.1) is 0 Å². The van der Waals surface area contributed by atoms with Gasteiger partial charge in [-0.2, -0.15) is 0 Å². The quantitative estimate of drug-likeness (QED) is 0.847. The molecular formula is C16H28N4O. The monoisotopic (exact) mass is 292 g/mol. The number of nitrogens with zero attached hydrogens (tertiary/aromatic N) is 3. The predicted molar refractivity (Wildman–Crippen MR) is 86.5 cm³/mol. The number of rotatable bonds is 5. The average molecular weight is 292 g/mol. The largest absolute Gasteiger partial charge is 0.351 e. The smallest absolute Gasteiger partial charge is 0.245 e. The summed E-state index contributed by atoms with van der Waals surface area (Å²) >= 11 is 0. The van der Waals surface area contributed by atoms with Gasteiger partial charge >= 0.3 is 0 Å². The van der Waals surface area contributed by atoms with Gasteiger partial charge in [-0.3, -0.25) is 9.79 Å². The second-order valence-corrected chi connectivity index (χ2v) is 6.96. The number of aryl methyl sites for hydroxylation is 1. The summed E-state index contributed by atoms with van der Waals surface area (Å²) in [5.41, 5.74) is 0.0284. The highest BCUT2D eigenvalue weighted by Gasteiger charge is 2.27. The molecule has 1 rings (SSSR count). The molecule has 0 aromatic carbocycles. The Morgan fingerprint density at radius 1 is 1.38 bits per heavy atom. The van der Waals surface area contributed by atoms with Crippen LogP contribution in [-0.4, -0.2) is 33.8 Å². The molecule has 0 saturated heterocycles. The van der Waals surface area contributed by atoms with Crippen LogP contribution in [0.2, 0.25) is 0 Å². The predicted octanol–water partition coefficient (Wildman–Crippen LogP) is 2.41. The van der Waals surface area contributed by atoms with E-state index in [4.69, 9.17) is 0 Å². The van der Waals surface area contributed by atoms with Gasteiger partial charge in [0, 0.05) is 25.5 Å². The normalized spacial score (nSPS) is 15.4.